The number of carbonyl (C=O) groups excluding carboxylic acids is 1. The van der Waals surface area contributed by atoms with Gasteiger partial charge in [-0.15, -0.1) is 0 Å². The SMILES string of the molecule is COc1ccc(-c2noc(COC(=O)c3nn(-c4ccccc4)c4c3CCC4)n2)cc1OC. The van der Waals surface area contributed by atoms with E-state index in [0.717, 1.165) is 36.2 Å². The highest BCUT2D eigenvalue weighted by Crippen LogP contribution is 2.31. The molecule has 0 amide bonds. The molecule has 2 aromatic carbocycles. The first-order chi connectivity index (χ1) is 16.2. The zero-order valence-corrected chi connectivity index (χ0v) is 18.3. The van der Waals surface area contributed by atoms with Crippen LogP contribution in [0.3, 0.4) is 0 Å². The van der Waals surface area contributed by atoms with Gasteiger partial charge in [-0.05, 0) is 49.6 Å². The Morgan fingerprint density at radius 1 is 1.06 bits per heavy atom. The number of aromatic nitrogens is 4. The van der Waals surface area contributed by atoms with Crippen molar-refractivity contribution < 1.29 is 23.5 Å². The highest BCUT2D eigenvalue weighted by Gasteiger charge is 2.28. The van der Waals surface area contributed by atoms with Crippen LogP contribution in [0.2, 0.25) is 0 Å². The smallest absolute Gasteiger partial charge is 0.359 e. The first-order valence-corrected chi connectivity index (χ1v) is 10.6. The number of esters is 1. The summed E-state index contributed by atoms with van der Waals surface area (Å²) in [4.78, 5) is 17.2. The van der Waals surface area contributed by atoms with Crippen LogP contribution in [0.4, 0.5) is 0 Å². The van der Waals surface area contributed by atoms with Crippen molar-refractivity contribution in [1.29, 1.82) is 0 Å². The first-order valence-electron chi connectivity index (χ1n) is 10.6. The summed E-state index contributed by atoms with van der Waals surface area (Å²) >= 11 is 0. The van der Waals surface area contributed by atoms with Crippen molar-refractivity contribution in [3.05, 3.63) is 71.4 Å². The molecule has 4 aromatic rings. The molecule has 0 bridgehead atoms. The molecule has 1 aliphatic carbocycles. The Kier molecular flexibility index (Phi) is 5.52. The number of rotatable bonds is 7. The number of methoxy groups -OCH3 is 2. The zero-order valence-electron chi connectivity index (χ0n) is 18.3. The second-order valence-electron chi connectivity index (χ2n) is 7.53. The van der Waals surface area contributed by atoms with Gasteiger partial charge >= 0.3 is 5.97 Å². The average molecular weight is 446 g/mol. The molecule has 0 saturated heterocycles. The highest BCUT2D eigenvalue weighted by atomic mass is 16.6. The lowest BCUT2D eigenvalue weighted by molar-refractivity contribution is 0.0421. The maximum Gasteiger partial charge on any atom is 0.359 e. The molecule has 0 N–H and O–H groups in total. The predicted octanol–water partition coefficient (Wildman–Crippen LogP) is 3.79. The van der Waals surface area contributed by atoms with Crippen molar-refractivity contribution in [2.45, 2.75) is 25.9 Å². The minimum atomic E-state index is -0.506. The number of hydrogen-bond donors (Lipinski definition) is 0. The molecule has 2 heterocycles. The molecule has 5 rings (SSSR count). The lowest BCUT2D eigenvalue weighted by Gasteiger charge is -2.07. The Labute approximate surface area is 189 Å². The van der Waals surface area contributed by atoms with Gasteiger partial charge in [-0.25, -0.2) is 9.48 Å². The standard InChI is InChI=1S/C24H22N4O5/c1-30-19-12-11-15(13-20(19)31-2)23-25-21(33-27-23)14-32-24(29)22-17-9-6-10-18(17)28(26-22)16-7-4-3-5-8-16/h3-5,7-8,11-13H,6,9-10,14H2,1-2H3. The number of para-hydroxylation sites is 1. The van der Waals surface area contributed by atoms with Crippen LogP contribution < -0.4 is 9.47 Å². The van der Waals surface area contributed by atoms with Crippen LogP contribution in [0.15, 0.2) is 53.1 Å². The Balaban J connectivity index is 1.32. The van der Waals surface area contributed by atoms with E-state index in [1.165, 1.54) is 0 Å². The lowest BCUT2D eigenvalue weighted by Crippen LogP contribution is -2.09. The Morgan fingerprint density at radius 2 is 1.88 bits per heavy atom. The molecule has 168 valence electrons. The van der Waals surface area contributed by atoms with Crippen molar-refractivity contribution in [2.24, 2.45) is 0 Å². The number of ether oxygens (including phenoxy) is 3. The second-order valence-corrected chi connectivity index (χ2v) is 7.53. The van der Waals surface area contributed by atoms with Gasteiger partial charge in [-0.1, -0.05) is 23.4 Å². The molecule has 0 radical (unpaired) electrons. The Hall–Kier alpha value is -4.14. The third kappa shape index (κ3) is 3.93. The normalized spacial score (nSPS) is 12.4. The number of nitrogens with zero attached hydrogens (tertiary/aromatic N) is 4. The van der Waals surface area contributed by atoms with Crippen LogP contribution in [0.25, 0.3) is 17.1 Å². The highest BCUT2D eigenvalue weighted by molar-refractivity contribution is 5.89. The van der Waals surface area contributed by atoms with Crippen molar-refractivity contribution in [3.63, 3.8) is 0 Å². The van der Waals surface area contributed by atoms with Gasteiger partial charge in [0, 0.05) is 16.8 Å². The minimum absolute atomic E-state index is 0.147. The van der Waals surface area contributed by atoms with E-state index in [0.29, 0.717) is 28.6 Å². The average Bonchev–Trinajstić information content (AvgIpc) is 3.59. The molecular weight excluding hydrogens is 424 g/mol. The molecule has 0 atom stereocenters. The van der Waals surface area contributed by atoms with Crippen molar-refractivity contribution >= 4 is 5.97 Å². The summed E-state index contributed by atoms with van der Waals surface area (Å²) in [6.45, 7) is -0.147. The molecule has 1 aliphatic rings. The van der Waals surface area contributed by atoms with Crippen LogP contribution >= 0.6 is 0 Å². The van der Waals surface area contributed by atoms with E-state index in [1.807, 2.05) is 35.0 Å². The summed E-state index contributed by atoms with van der Waals surface area (Å²) in [5.74, 6) is 1.19. The van der Waals surface area contributed by atoms with Crippen molar-refractivity contribution in [1.82, 2.24) is 19.9 Å². The number of hydrogen-bond acceptors (Lipinski definition) is 8. The van der Waals surface area contributed by atoms with Gasteiger partial charge < -0.3 is 18.7 Å². The molecule has 0 aliphatic heterocycles. The minimum Gasteiger partial charge on any atom is -0.493 e. The number of carbonyl (C=O) groups is 1. The van der Waals surface area contributed by atoms with Crippen molar-refractivity contribution in [3.8, 4) is 28.6 Å². The van der Waals surface area contributed by atoms with Crippen LogP contribution in [-0.2, 0) is 24.2 Å². The second kappa shape index (κ2) is 8.78. The third-order valence-corrected chi connectivity index (χ3v) is 5.56. The van der Waals surface area contributed by atoms with Gasteiger partial charge in [0.2, 0.25) is 5.82 Å². The van der Waals surface area contributed by atoms with E-state index in [1.54, 1.807) is 32.4 Å². The molecule has 9 heteroatoms. The van der Waals surface area contributed by atoms with E-state index < -0.39 is 5.97 Å². The summed E-state index contributed by atoms with van der Waals surface area (Å²) in [7, 11) is 3.12. The lowest BCUT2D eigenvalue weighted by atomic mass is 10.2. The molecular formula is C24H22N4O5. The van der Waals surface area contributed by atoms with Gasteiger partial charge in [-0.2, -0.15) is 10.1 Å². The van der Waals surface area contributed by atoms with E-state index >= 15 is 0 Å². The molecule has 0 spiro atoms. The van der Waals surface area contributed by atoms with E-state index in [9.17, 15) is 4.79 Å². The zero-order chi connectivity index (χ0) is 22.8. The fraction of sp³-hybridized carbons (Fsp3) is 0.250. The van der Waals surface area contributed by atoms with Gasteiger partial charge in [0.15, 0.2) is 23.8 Å². The van der Waals surface area contributed by atoms with E-state index in [4.69, 9.17) is 18.7 Å². The van der Waals surface area contributed by atoms with Gasteiger partial charge in [0.1, 0.15) is 0 Å². The largest absolute Gasteiger partial charge is 0.493 e. The summed E-state index contributed by atoms with van der Waals surface area (Å²) in [6.07, 6.45) is 2.66. The Morgan fingerprint density at radius 3 is 2.67 bits per heavy atom. The predicted molar refractivity (Wildman–Crippen MR) is 118 cm³/mol. The summed E-state index contributed by atoms with van der Waals surface area (Å²) in [5, 5.41) is 8.53. The monoisotopic (exact) mass is 446 g/mol. The van der Waals surface area contributed by atoms with Crippen LogP contribution in [0.5, 0.6) is 11.5 Å². The van der Waals surface area contributed by atoms with Gasteiger partial charge in [0.25, 0.3) is 5.89 Å². The molecule has 33 heavy (non-hydrogen) atoms. The molecule has 0 unspecified atom stereocenters. The first kappa shape index (κ1) is 20.7. The molecule has 2 aromatic heterocycles. The molecule has 0 fully saturated rings. The molecule has 9 nitrogen and oxygen atoms in total. The summed E-state index contributed by atoms with van der Waals surface area (Å²) in [5.41, 5.74) is 3.95. The maximum absolute atomic E-state index is 12.8. The summed E-state index contributed by atoms with van der Waals surface area (Å²) in [6, 6.07) is 15.1. The number of benzene rings is 2. The van der Waals surface area contributed by atoms with Gasteiger partial charge in [-0.3, -0.25) is 0 Å². The number of fused-ring (bicyclic) bond motifs is 1. The van der Waals surface area contributed by atoms with Crippen LogP contribution in [0.1, 0.15) is 34.1 Å². The van der Waals surface area contributed by atoms with E-state index in [-0.39, 0.29) is 12.5 Å². The summed E-state index contributed by atoms with van der Waals surface area (Å²) < 4.78 is 23.1. The fourth-order valence-corrected chi connectivity index (χ4v) is 3.99. The Bertz CT molecular complexity index is 1300. The van der Waals surface area contributed by atoms with Gasteiger partial charge in [0.05, 0.1) is 19.9 Å². The van der Waals surface area contributed by atoms with E-state index in [2.05, 4.69) is 15.2 Å². The van der Waals surface area contributed by atoms with Crippen molar-refractivity contribution in [2.75, 3.05) is 14.2 Å². The molecule has 0 saturated carbocycles. The third-order valence-electron chi connectivity index (χ3n) is 5.56. The topological polar surface area (TPSA) is 102 Å². The van der Waals surface area contributed by atoms with Crippen LogP contribution in [0, 0.1) is 0 Å². The maximum atomic E-state index is 12.8. The van der Waals surface area contributed by atoms with Crippen LogP contribution in [-0.4, -0.2) is 40.1 Å². The quantitative estimate of drug-likeness (QED) is 0.395. The fourth-order valence-electron chi connectivity index (χ4n) is 3.99.